The predicted molar refractivity (Wildman–Crippen MR) is 81.7 cm³/mol. The summed E-state index contributed by atoms with van der Waals surface area (Å²) in [5, 5.41) is 13.0. The standard InChI is InChI=1S/C16H16N2O4/c1-20-18-15-10-22-16-8-12(6-7-13(15)16)21-9-11-4-2-3-5-14(11)17-19/h2-8,17,19H,9-10H2,1H3/b18-15+. The highest BCUT2D eigenvalue weighted by Crippen LogP contribution is 2.30. The zero-order chi connectivity index (χ0) is 15.4. The minimum Gasteiger partial charge on any atom is -0.489 e. The van der Waals surface area contributed by atoms with Gasteiger partial charge in [-0.1, -0.05) is 23.4 Å². The van der Waals surface area contributed by atoms with Crippen LogP contribution in [0, 0.1) is 0 Å². The average Bonchev–Trinajstić information content (AvgIpc) is 2.96. The van der Waals surface area contributed by atoms with Gasteiger partial charge in [-0.15, -0.1) is 0 Å². The molecule has 0 atom stereocenters. The summed E-state index contributed by atoms with van der Waals surface area (Å²) in [6.07, 6.45) is 0. The van der Waals surface area contributed by atoms with Crippen LogP contribution in [0.2, 0.25) is 0 Å². The first-order valence-electron chi connectivity index (χ1n) is 6.80. The second-order valence-electron chi connectivity index (χ2n) is 4.72. The number of rotatable bonds is 5. The molecule has 0 aromatic heterocycles. The van der Waals surface area contributed by atoms with Gasteiger partial charge in [0.2, 0.25) is 0 Å². The molecular formula is C16H16N2O4. The normalized spacial score (nSPS) is 14.4. The fourth-order valence-corrected chi connectivity index (χ4v) is 2.28. The molecule has 0 fully saturated rings. The van der Waals surface area contributed by atoms with Crippen molar-refractivity contribution in [1.29, 1.82) is 0 Å². The maximum atomic E-state index is 9.07. The molecule has 0 radical (unpaired) electrons. The van der Waals surface area contributed by atoms with Crippen LogP contribution >= 0.6 is 0 Å². The number of hydrogen-bond donors (Lipinski definition) is 2. The van der Waals surface area contributed by atoms with Crippen LogP contribution in [0.25, 0.3) is 0 Å². The third kappa shape index (κ3) is 2.82. The first kappa shape index (κ1) is 14.2. The number of ether oxygens (including phenoxy) is 2. The van der Waals surface area contributed by atoms with Gasteiger partial charge in [-0.3, -0.25) is 10.7 Å². The predicted octanol–water partition coefficient (Wildman–Crippen LogP) is 2.81. The summed E-state index contributed by atoms with van der Waals surface area (Å²) >= 11 is 0. The summed E-state index contributed by atoms with van der Waals surface area (Å²) in [6, 6.07) is 13.0. The lowest BCUT2D eigenvalue weighted by molar-refractivity contribution is 0.211. The molecule has 0 spiro atoms. The van der Waals surface area contributed by atoms with Gasteiger partial charge in [0.15, 0.2) is 0 Å². The highest BCUT2D eigenvalue weighted by Gasteiger charge is 2.20. The number of benzene rings is 2. The molecule has 0 bridgehead atoms. The quantitative estimate of drug-likeness (QED) is 0.831. The SMILES string of the molecule is CO/N=C1\COc2cc(OCc3ccccc3NO)ccc21. The number of nitrogens with zero attached hydrogens (tertiary/aromatic N) is 1. The molecule has 1 aliphatic rings. The Morgan fingerprint density at radius 2 is 2.14 bits per heavy atom. The van der Waals surface area contributed by atoms with E-state index in [-0.39, 0.29) is 0 Å². The van der Waals surface area contributed by atoms with Crippen molar-refractivity contribution in [3.63, 3.8) is 0 Å². The Labute approximate surface area is 127 Å². The smallest absolute Gasteiger partial charge is 0.134 e. The van der Waals surface area contributed by atoms with Crippen LogP contribution in [0.15, 0.2) is 47.6 Å². The fraction of sp³-hybridized carbons (Fsp3) is 0.188. The van der Waals surface area contributed by atoms with E-state index in [2.05, 4.69) is 10.6 Å². The van der Waals surface area contributed by atoms with Crippen molar-refractivity contribution in [2.75, 3.05) is 19.2 Å². The molecular weight excluding hydrogens is 284 g/mol. The molecule has 0 aliphatic carbocycles. The first-order valence-corrected chi connectivity index (χ1v) is 6.80. The van der Waals surface area contributed by atoms with Gasteiger partial charge in [0, 0.05) is 17.2 Å². The van der Waals surface area contributed by atoms with E-state index in [1.807, 2.05) is 36.4 Å². The van der Waals surface area contributed by atoms with Crippen molar-refractivity contribution in [3.05, 3.63) is 53.6 Å². The van der Waals surface area contributed by atoms with Gasteiger partial charge in [0.05, 0.1) is 5.69 Å². The van der Waals surface area contributed by atoms with Crippen molar-refractivity contribution in [1.82, 2.24) is 0 Å². The van der Waals surface area contributed by atoms with Crippen LogP contribution in [0.3, 0.4) is 0 Å². The zero-order valence-corrected chi connectivity index (χ0v) is 12.1. The van der Waals surface area contributed by atoms with Crippen molar-refractivity contribution in [3.8, 4) is 11.5 Å². The number of hydrogen-bond acceptors (Lipinski definition) is 6. The summed E-state index contributed by atoms with van der Waals surface area (Å²) < 4.78 is 11.3. The van der Waals surface area contributed by atoms with Gasteiger partial charge in [0.25, 0.3) is 0 Å². The molecule has 2 aromatic carbocycles. The van der Waals surface area contributed by atoms with Crippen molar-refractivity contribution < 1.29 is 19.5 Å². The van der Waals surface area contributed by atoms with E-state index < -0.39 is 0 Å². The number of anilines is 1. The summed E-state index contributed by atoms with van der Waals surface area (Å²) in [4.78, 5) is 4.79. The lowest BCUT2D eigenvalue weighted by atomic mass is 10.1. The third-order valence-electron chi connectivity index (χ3n) is 3.36. The molecule has 6 nitrogen and oxygen atoms in total. The van der Waals surface area contributed by atoms with Gasteiger partial charge < -0.3 is 14.3 Å². The van der Waals surface area contributed by atoms with E-state index >= 15 is 0 Å². The van der Waals surface area contributed by atoms with E-state index in [1.54, 1.807) is 6.07 Å². The Morgan fingerprint density at radius 1 is 1.27 bits per heavy atom. The van der Waals surface area contributed by atoms with Crippen LogP contribution in [0.5, 0.6) is 11.5 Å². The van der Waals surface area contributed by atoms with Crippen LogP contribution in [-0.2, 0) is 11.4 Å². The molecule has 114 valence electrons. The van der Waals surface area contributed by atoms with Gasteiger partial charge in [-0.05, 0) is 18.2 Å². The van der Waals surface area contributed by atoms with E-state index in [9.17, 15) is 0 Å². The number of nitrogens with one attached hydrogen (secondary N) is 1. The maximum absolute atomic E-state index is 9.07. The molecule has 1 aliphatic heterocycles. The molecule has 1 heterocycles. The van der Waals surface area contributed by atoms with Crippen LogP contribution in [0.1, 0.15) is 11.1 Å². The first-order chi connectivity index (χ1) is 10.8. The second-order valence-corrected chi connectivity index (χ2v) is 4.72. The zero-order valence-electron chi connectivity index (χ0n) is 12.1. The van der Waals surface area contributed by atoms with E-state index in [4.69, 9.17) is 19.5 Å². The lowest BCUT2D eigenvalue weighted by Crippen LogP contribution is -2.02. The lowest BCUT2D eigenvalue weighted by Gasteiger charge is -2.10. The fourth-order valence-electron chi connectivity index (χ4n) is 2.28. The van der Waals surface area contributed by atoms with Crippen molar-refractivity contribution in [2.45, 2.75) is 6.61 Å². The van der Waals surface area contributed by atoms with Crippen LogP contribution in [-0.4, -0.2) is 24.6 Å². The minimum absolute atomic E-state index is 0.335. The van der Waals surface area contributed by atoms with Gasteiger partial charge >= 0.3 is 0 Å². The monoisotopic (exact) mass is 300 g/mol. The van der Waals surface area contributed by atoms with Crippen LogP contribution in [0.4, 0.5) is 5.69 Å². The molecule has 22 heavy (non-hydrogen) atoms. The largest absolute Gasteiger partial charge is 0.489 e. The van der Waals surface area contributed by atoms with Gasteiger partial charge in [-0.25, -0.2) is 0 Å². The third-order valence-corrected chi connectivity index (χ3v) is 3.36. The topological polar surface area (TPSA) is 72.3 Å². The summed E-state index contributed by atoms with van der Waals surface area (Å²) in [5.41, 5.74) is 5.31. The van der Waals surface area contributed by atoms with E-state index in [1.165, 1.54) is 7.11 Å². The van der Waals surface area contributed by atoms with Crippen molar-refractivity contribution in [2.24, 2.45) is 5.16 Å². The highest BCUT2D eigenvalue weighted by molar-refractivity contribution is 6.06. The molecule has 2 aromatic rings. The summed E-state index contributed by atoms with van der Waals surface area (Å²) in [7, 11) is 1.51. The molecule has 0 unspecified atom stereocenters. The summed E-state index contributed by atoms with van der Waals surface area (Å²) in [6.45, 7) is 0.728. The van der Waals surface area contributed by atoms with E-state index in [0.717, 1.165) is 22.6 Å². The second kappa shape index (κ2) is 6.36. The average molecular weight is 300 g/mol. The molecule has 0 saturated carbocycles. The molecule has 2 N–H and O–H groups in total. The molecule has 3 rings (SSSR count). The minimum atomic E-state index is 0.335. The molecule has 6 heteroatoms. The Balaban J connectivity index is 1.74. The Hall–Kier alpha value is -2.73. The van der Waals surface area contributed by atoms with Crippen molar-refractivity contribution >= 4 is 11.4 Å². The van der Waals surface area contributed by atoms with E-state index in [0.29, 0.717) is 24.7 Å². The Kier molecular flexibility index (Phi) is 4.11. The van der Waals surface area contributed by atoms with Gasteiger partial charge in [0.1, 0.15) is 37.5 Å². The molecule has 0 amide bonds. The van der Waals surface area contributed by atoms with Gasteiger partial charge in [-0.2, -0.15) is 0 Å². The van der Waals surface area contributed by atoms with Crippen LogP contribution < -0.4 is 15.0 Å². The summed E-state index contributed by atoms with van der Waals surface area (Å²) in [5.74, 6) is 1.41. The number of oxime groups is 1. The Bertz CT molecular complexity index is 700. The maximum Gasteiger partial charge on any atom is 0.134 e. The highest BCUT2D eigenvalue weighted by atomic mass is 16.6. The Morgan fingerprint density at radius 3 is 2.95 bits per heavy atom. The number of fused-ring (bicyclic) bond motifs is 1. The molecule has 0 saturated heterocycles. The number of para-hydroxylation sites is 1.